The van der Waals surface area contributed by atoms with Gasteiger partial charge >= 0.3 is 12.1 Å². The Labute approximate surface area is 133 Å². The Morgan fingerprint density at radius 2 is 2.00 bits per heavy atom. The number of halogens is 4. The number of carboxylic acids is 1. The summed E-state index contributed by atoms with van der Waals surface area (Å²) in [6.45, 7) is 1.84. The first-order chi connectivity index (χ1) is 10.2. The van der Waals surface area contributed by atoms with Crippen molar-refractivity contribution in [3.05, 3.63) is 33.8 Å². The van der Waals surface area contributed by atoms with Gasteiger partial charge in [0.05, 0.1) is 11.1 Å². The van der Waals surface area contributed by atoms with Crippen LogP contribution >= 0.6 is 15.9 Å². The van der Waals surface area contributed by atoms with Crippen LogP contribution in [0.1, 0.15) is 42.1 Å². The molecule has 0 fully saturated rings. The summed E-state index contributed by atoms with van der Waals surface area (Å²) < 4.78 is 39.1. The second-order valence-electron chi connectivity index (χ2n) is 4.69. The molecule has 0 radical (unpaired) electrons. The van der Waals surface area contributed by atoms with Gasteiger partial charge in [0.2, 0.25) is 0 Å². The van der Waals surface area contributed by atoms with Crippen LogP contribution in [0.5, 0.6) is 0 Å². The fourth-order valence-electron chi connectivity index (χ4n) is 1.85. The molecule has 1 rings (SSSR count). The molecule has 1 amide bonds. The van der Waals surface area contributed by atoms with Gasteiger partial charge in [0.15, 0.2) is 0 Å². The third kappa shape index (κ3) is 5.01. The second kappa shape index (κ2) is 7.62. The van der Waals surface area contributed by atoms with E-state index in [4.69, 9.17) is 5.11 Å². The molecule has 0 saturated carbocycles. The highest BCUT2D eigenvalue weighted by atomic mass is 79.9. The van der Waals surface area contributed by atoms with E-state index < -0.39 is 35.2 Å². The van der Waals surface area contributed by atoms with Crippen LogP contribution < -0.4 is 5.32 Å². The van der Waals surface area contributed by atoms with Gasteiger partial charge < -0.3 is 10.4 Å². The number of aliphatic carboxylic acids is 1. The predicted octanol–water partition coefficient (Wildman–Crippen LogP) is 3.84. The van der Waals surface area contributed by atoms with Crippen LogP contribution in [0.2, 0.25) is 0 Å². The number of hydrogen-bond donors (Lipinski definition) is 2. The molecule has 2 N–H and O–H groups in total. The Morgan fingerprint density at radius 1 is 1.36 bits per heavy atom. The normalized spacial score (nSPS) is 12.8. The quantitative estimate of drug-likeness (QED) is 0.786. The fourth-order valence-corrected chi connectivity index (χ4v) is 2.21. The van der Waals surface area contributed by atoms with Crippen molar-refractivity contribution in [2.45, 2.75) is 38.4 Å². The van der Waals surface area contributed by atoms with Crippen LogP contribution in [0, 0.1) is 0 Å². The summed E-state index contributed by atoms with van der Waals surface area (Å²) in [4.78, 5) is 23.1. The van der Waals surface area contributed by atoms with Crippen molar-refractivity contribution < 1.29 is 27.9 Å². The van der Waals surface area contributed by atoms with E-state index in [1.54, 1.807) is 0 Å². The highest BCUT2D eigenvalue weighted by molar-refractivity contribution is 9.10. The molecule has 0 bridgehead atoms. The lowest BCUT2D eigenvalue weighted by molar-refractivity contribution is -0.139. The number of nitrogens with one attached hydrogen (secondary N) is 1. The first kappa shape index (κ1) is 18.5. The number of benzene rings is 1. The first-order valence-electron chi connectivity index (χ1n) is 6.57. The maximum Gasteiger partial charge on any atom is 0.417 e. The Morgan fingerprint density at radius 3 is 2.50 bits per heavy atom. The average Bonchev–Trinajstić information content (AvgIpc) is 2.41. The van der Waals surface area contributed by atoms with Gasteiger partial charge in [0.25, 0.3) is 5.91 Å². The molecule has 1 atom stereocenters. The van der Waals surface area contributed by atoms with Gasteiger partial charge in [-0.05, 0) is 24.6 Å². The Balaban J connectivity index is 3.04. The van der Waals surface area contributed by atoms with E-state index in [0.29, 0.717) is 12.8 Å². The van der Waals surface area contributed by atoms with Gasteiger partial charge in [0.1, 0.15) is 6.04 Å². The smallest absolute Gasteiger partial charge is 0.417 e. The van der Waals surface area contributed by atoms with E-state index in [1.807, 2.05) is 6.92 Å². The molecule has 0 aromatic heterocycles. The van der Waals surface area contributed by atoms with Gasteiger partial charge in [-0.25, -0.2) is 4.79 Å². The highest BCUT2D eigenvalue weighted by Crippen LogP contribution is 2.33. The zero-order valence-corrected chi connectivity index (χ0v) is 13.3. The SMILES string of the molecule is CCCC[C@H](NC(=O)c1ccc(Br)cc1C(F)(F)F)C(=O)O. The minimum Gasteiger partial charge on any atom is -0.480 e. The van der Waals surface area contributed by atoms with Gasteiger partial charge in [-0.3, -0.25) is 4.79 Å². The number of carbonyl (C=O) groups excluding carboxylic acids is 1. The van der Waals surface area contributed by atoms with E-state index in [2.05, 4.69) is 21.2 Å². The molecule has 0 heterocycles. The third-order valence-corrected chi connectivity index (χ3v) is 3.47. The van der Waals surface area contributed by atoms with Gasteiger partial charge in [0, 0.05) is 4.47 Å². The van der Waals surface area contributed by atoms with Crippen molar-refractivity contribution in [3.8, 4) is 0 Å². The van der Waals surface area contributed by atoms with Crippen LogP contribution in [0.25, 0.3) is 0 Å². The molecule has 0 unspecified atom stereocenters. The lowest BCUT2D eigenvalue weighted by atomic mass is 10.0. The number of carboxylic acid groups (broad SMARTS) is 1. The van der Waals surface area contributed by atoms with E-state index in [1.165, 1.54) is 6.07 Å². The van der Waals surface area contributed by atoms with Crippen molar-refractivity contribution in [1.29, 1.82) is 0 Å². The van der Waals surface area contributed by atoms with Gasteiger partial charge in [-0.15, -0.1) is 0 Å². The number of rotatable bonds is 6. The molecule has 0 spiro atoms. The molecule has 22 heavy (non-hydrogen) atoms. The summed E-state index contributed by atoms with van der Waals surface area (Å²) in [7, 11) is 0. The van der Waals surface area contributed by atoms with Crippen LogP contribution in [0.4, 0.5) is 13.2 Å². The van der Waals surface area contributed by atoms with E-state index >= 15 is 0 Å². The van der Waals surface area contributed by atoms with Crippen molar-refractivity contribution >= 4 is 27.8 Å². The van der Waals surface area contributed by atoms with Crippen molar-refractivity contribution in [2.75, 3.05) is 0 Å². The van der Waals surface area contributed by atoms with Crippen LogP contribution in [0.15, 0.2) is 22.7 Å². The number of amides is 1. The average molecular weight is 382 g/mol. The van der Waals surface area contributed by atoms with Gasteiger partial charge in [-0.2, -0.15) is 13.2 Å². The van der Waals surface area contributed by atoms with Gasteiger partial charge in [-0.1, -0.05) is 35.7 Å². The van der Waals surface area contributed by atoms with E-state index in [-0.39, 0.29) is 10.9 Å². The molecular formula is C14H15BrF3NO3. The number of alkyl halides is 3. The molecule has 122 valence electrons. The topological polar surface area (TPSA) is 66.4 Å². The molecule has 1 aromatic rings. The maximum atomic E-state index is 13.0. The fraction of sp³-hybridized carbons (Fsp3) is 0.429. The Bertz CT molecular complexity index is 561. The lowest BCUT2D eigenvalue weighted by Gasteiger charge is -2.17. The molecular weight excluding hydrogens is 367 g/mol. The molecule has 8 heteroatoms. The molecule has 4 nitrogen and oxygen atoms in total. The van der Waals surface area contributed by atoms with Crippen molar-refractivity contribution in [1.82, 2.24) is 5.32 Å². The first-order valence-corrected chi connectivity index (χ1v) is 7.36. The third-order valence-electron chi connectivity index (χ3n) is 2.98. The minimum absolute atomic E-state index is 0.162. The predicted molar refractivity (Wildman–Crippen MR) is 77.6 cm³/mol. The van der Waals surface area contributed by atoms with E-state index in [9.17, 15) is 22.8 Å². The number of carbonyl (C=O) groups is 2. The molecule has 0 saturated heterocycles. The Kier molecular flexibility index (Phi) is 6.40. The molecule has 0 aliphatic carbocycles. The van der Waals surface area contributed by atoms with Crippen LogP contribution in [-0.4, -0.2) is 23.0 Å². The summed E-state index contributed by atoms with van der Waals surface area (Å²) in [5.41, 5.74) is -1.71. The summed E-state index contributed by atoms with van der Waals surface area (Å²) in [5.74, 6) is -2.32. The Hall–Kier alpha value is -1.57. The lowest BCUT2D eigenvalue weighted by Crippen LogP contribution is -2.41. The van der Waals surface area contributed by atoms with E-state index in [0.717, 1.165) is 12.1 Å². The zero-order chi connectivity index (χ0) is 16.9. The van der Waals surface area contributed by atoms with Crippen LogP contribution in [-0.2, 0) is 11.0 Å². The number of hydrogen-bond acceptors (Lipinski definition) is 2. The minimum atomic E-state index is -4.71. The largest absolute Gasteiger partial charge is 0.480 e. The van der Waals surface area contributed by atoms with Crippen LogP contribution in [0.3, 0.4) is 0 Å². The monoisotopic (exact) mass is 381 g/mol. The number of unbranched alkanes of at least 4 members (excludes halogenated alkanes) is 1. The highest BCUT2D eigenvalue weighted by Gasteiger charge is 2.36. The van der Waals surface area contributed by atoms with Crippen molar-refractivity contribution in [2.24, 2.45) is 0 Å². The standard InChI is InChI=1S/C14H15BrF3NO3/c1-2-3-4-11(13(21)22)19-12(20)9-6-5-8(15)7-10(9)14(16,17)18/h5-7,11H,2-4H2,1H3,(H,19,20)(H,21,22)/t11-/m0/s1. The van der Waals surface area contributed by atoms with Crippen molar-refractivity contribution in [3.63, 3.8) is 0 Å². The summed E-state index contributed by atoms with van der Waals surface area (Å²) in [6, 6.07) is 1.89. The summed E-state index contributed by atoms with van der Waals surface area (Å²) in [5, 5.41) is 11.2. The molecule has 0 aliphatic heterocycles. The zero-order valence-electron chi connectivity index (χ0n) is 11.7. The second-order valence-corrected chi connectivity index (χ2v) is 5.61. The maximum absolute atomic E-state index is 13.0. The summed E-state index contributed by atoms with van der Waals surface area (Å²) >= 11 is 2.92. The molecule has 1 aromatic carbocycles. The molecule has 0 aliphatic rings. The summed E-state index contributed by atoms with van der Waals surface area (Å²) in [6.07, 6.45) is -3.29.